The van der Waals surface area contributed by atoms with Gasteiger partial charge in [-0.2, -0.15) is 0 Å². The average Bonchev–Trinajstić information content (AvgIpc) is 3.63. The fraction of sp³-hybridized carbons (Fsp3) is 0.538. The van der Waals surface area contributed by atoms with Crippen LogP contribution in [0.1, 0.15) is 50.7 Å². The summed E-state index contributed by atoms with van der Waals surface area (Å²) in [5.74, 6) is -1.66. The zero-order valence-corrected chi connectivity index (χ0v) is 28.8. The van der Waals surface area contributed by atoms with Crippen molar-refractivity contribution in [2.45, 2.75) is 120 Å². The molecule has 5 saturated heterocycles. The quantitative estimate of drug-likeness (QED) is 0.273. The first-order valence-electron chi connectivity index (χ1n) is 17.5. The van der Waals surface area contributed by atoms with Gasteiger partial charge in [-0.25, -0.2) is 0 Å². The van der Waals surface area contributed by atoms with Crippen molar-refractivity contribution < 1.29 is 52.1 Å². The van der Waals surface area contributed by atoms with Crippen LogP contribution in [0.5, 0.6) is 0 Å². The molecule has 2 unspecified atom stereocenters. The van der Waals surface area contributed by atoms with Crippen LogP contribution >= 0.6 is 0 Å². The minimum atomic E-state index is -0.853. The first-order chi connectivity index (χ1) is 24.2. The van der Waals surface area contributed by atoms with E-state index in [4.69, 9.17) is 52.1 Å². The standard InChI is InChI=1S/C39H46O11/c1-38(2)47-30-28(45-37-34(32(30)48-38)49-39(3,4)50-37)23-43-36-33(41-21-25-16-10-6-11-17-25)31(40-20-24-14-8-5-9-15-24)29-27(44-36)22-42-35(46-29)26-18-12-7-13-19-26/h5-19,27-37H,20-23H2,1-4H3/t27-,28-,29-,30+,31+,32+,33+,34-,35?,36?,37-/m1/s1. The Labute approximate surface area is 292 Å². The molecule has 11 atom stereocenters. The Morgan fingerprint density at radius 2 is 1.16 bits per heavy atom. The largest absolute Gasteiger partial charge is 0.368 e. The smallest absolute Gasteiger partial charge is 0.190 e. The molecule has 11 heteroatoms. The van der Waals surface area contributed by atoms with E-state index in [-0.39, 0.29) is 13.2 Å². The van der Waals surface area contributed by atoms with Crippen LogP contribution in [0.15, 0.2) is 91.0 Å². The van der Waals surface area contributed by atoms with Gasteiger partial charge in [-0.1, -0.05) is 91.0 Å². The van der Waals surface area contributed by atoms with Crippen LogP contribution in [0, 0.1) is 0 Å². The second-order valence-electron chi connectivity index (χ2n) is 14.3. The summed E-state index contributed by atoms with van der Waals surface area (Å²) in [4.78, 5) is 0. The van der Waals surface area contributed by atoms with Gasteiger partial charge in [0.15, 0.2) is 30.4 Å². The molecule has 268 valence electrons. The van der Waals surface area contributed by atoms with E-state index in [1.165, 1.54) is 0 Å². The lowest BCUT2D eigenvalue weighted by molar-refractivity contribution is -0.376. The number of hydrogen-bond donors (Lipinski definition) is 0. The van der Waals surface area contributed by atoms with Gasteiger partial charge in [-0.05, 0) is 38.8 Å². The highest BCUT2D eigenvalue weighted by Gasteiger charge is 2.61. The van der Waals surface area contributed by atoms with Gasteiger partial charge in [0.05, 0.1) is 26.4 Å². The summed E-state index contributed by atoms with van der Waals surface area (Å²) >= 11 is 0. The van der Waals surface area contributed by atoms with Crippen molar-refractivity contribution in [2.24, 2.45) is 0 Å². The zero-order chi connectivity index (χ0) is 34.3. The monoisotopic (exact) mass is 690 g/mol. The number of hydrogen-bond acceptors (Lipinski definition) is 11. The zero-order valence-electron chi connectivity index (χ0n) is 28.8. The highest BCUT2D eigenvalue weighted by atomic mass is 16.9. The predicted octanol–water partition coefficient (Wildman–Crippen LogP) is 5.41. The second kappa shape index (κ2) is 14.3. The van der Waals surface area contributed by atoms with Gasteiger partial charge in [-0.3, -0.25) is 0 Å². The molecule has 0 aromatic heterocycles. The second-order valence-corrected chi connectivity index (χ2v) is 14.3. The minimum Gasteiger partial charge on any atom is -0.368 e. The van der Waals surface area contributed by atoms with Crippen LogP contribution in [0.2, 0.25) is 0 Å². The van der Waals surface area contributed by atoms with Crippen LogP contribution < -0.4 is 0 Å². The highest BCUT2D eigenvalue weighted by Crippen LogP contribution is 2.45. The third-order valence-corrected chi connectivity index (χ3v) is 9.60. The lowest BCUT2D eigenvalue weighted by atomic mass is 9.96. The Hall–Kier alpha value is -2.78. The molecular formula is C39H46O11. The molecular weight excluding hydrogens is 644 g/mol. The molecule has 8 rings (SSSR count). The SMILES string of the molecule is CC1(C)O[C@H]2[C@@H](O1)[C@@H](COC1O[C@@H]3COC(c4ccccc4)O[C@H]3[C@H](OCc3ccccc3)[C@@H]1OCc1ccccc1)O[C@@H]1OC(C)(C)O[C@@H]12. The molecule has 3 aromatic rings. The molecule has 0 N–H and O–H groups in total. The molecule has 0 bridgehead atoms. The van der Waals surface area contributed by atoms with Crippen LogP contribution in [-0.4, -0.2) is 86.2 Å². The van der Waals surface area contributed by atoms with Gasteiger partial charge >= 0.3 is 0 Å². The van der Waals surface area contributed by atoms with Crippen LogP contribution in [0.3, 0.4) is 0 Å². The molecule has 0 saturated carbocycles. The van der Waals surface area contributed by atoms with Gasteiger partial charge < -0.3 is 52.1 Å². The van der Waals surface area contributed by atoms with Crippen LogP contribution in [0.25, 0.3) is 0 Å². The molecule has 5 aliphatic heterocycles. The summed E-state index contributed by atoms with van der Waals surface area (Å²) in [6.45, 7) is 8.55. The Morgan fingerprint density at radius 1 is 0.580 bits per heavy atom. The van der Waals surface area contributed by atoms with Crippen molar-refractivity contribution in [1.29, 1.82) is 0 Å². The average molecular weight is 691 g/mol. The van der Waals surface area contributed by atoms with Crippen molar-refractivity contribution in [3.05, 3.63) is 108 Å². The van der Waals surface area contributed by atoms with Crippen molar-refractivity contribution in [3.8, 4) is 0 Å². The molecule has 5 heterocycles. The fourth-order valence-electron chi connectivity index (χ4n) is 7.38. The summed E-state index contributed by atoms with van der Waals surface area (Å²) < 4.78 is 71.1. The first-order valence-corrected chi connectivity index (χ1v) is 17.5. The Balaban J connectivity index is 1.06. The Bertz CT molecular complexity index is 1540. The molecule has 5 fully saturated rings. The topological polar surface area (TPSA) is 102 Å². The first kappa shape index (κ1) is 34.3. The maximum Gasteiger partial charge on any atom is 0.190 e. The van der Waals surface area contributed by atoms with Crippen molar-refractivity contribution >= 4 is 0 Å². The van der Waals surface area contributed by atoms with E-state index in [0.29, 0.717) is 13.2 Å². The van der Waals surface area contributed by atoms with Crippen LogP contribution in [-0.2, 0) is 65.3 Å². The lowest BCUT2D eigenvalue weighted by Crippen LogP contribution is -2.64. The van der Waals surface area contributed by atoms with Crippen LogP contribution in [0.4, 0.5) is 0 Å². The number of benzene rings is 3. The molecule has 0 radical (unpaired) electrons. The Morgan fingerprint density at radius 3 is 1.84 bits per heavy atom. The van der Waals surface area contributed by atoms with E-state index in [1.807, 2.05) is 119 Å². The molecule has 5 aliphatic rings. The summed E-state index contributed by atoms with van der Waals surface area (Å²) in [5.41, 5.74) is 2.95. The molecule has 3 aromatic carbocycles. The van der Waals surface area contributed by atoms with E-state index in [1.54, 1.807) is 0 Å². The van der Waals surface area contributed by atoms with Crippen molar-refractivity contribution in [3.63, 3.8) is 0 Å². The van der Waals surface area contributed by atoms with E-state index in [9.17, 15) is 0 Å². The van der Waals surface area contributed by atoms with E-state index >= 15 is 0 Å². The fourth-order valence-corrected chi connectivity index (χ4v) is 7.38. The van der Waals surface area contributed by atoms with Gasteiger partial charge in [0.2, 0.25) is 0 Å². The third-order valence-electron chi connectivity index (χ3n) is 9.60. The summed E-state index contributed by atoms with van der Waals surface area (Å²) in [6, 6.07) is 29.9. The summed E-state index contributed by atoms with van der Waals surface area (Å²) in [7, 11) is 0. The van der Waals surface area contributed by atoms with Gasteiger partial charge in [0, 0.05) is 5.56 Å². The minimum absolute atomic E-state index is 0.112. The maximum atomic E-state index is 6.74. The molecule has 0 spiro atoms. The van der Waals surface area contributed by atoms with Gasteiger partial charge in [0.25, 0.3) is 0 Å². The van der Waals surface area contributed by atoms with Crippen molar-refractivity contribution in [2.75, 3.05) is 13.2 Å². The molecule has 50 heavy (non-hydrogen) atoms. The molecule has 11 nitrogen and oxygen atoms in total. The van der Waals surface area contributed by atoms with E-state index in [0.717, 1.165) is 16.7 Å². The van der Waals surface area contributed by atoms with E-state index in [2.05, 4.69) is 0 Å². The van der Waals surface area contributed by atoms with Gasteiger partial charge in [-0.15, -0.1) is 0 Å². The molecule has 0 amide bonds. The number of fused-ring (bicyclic) bond motifs is 4. The normalized spacial score (nSPS) is 37.1. The maximum absolute atomic E-state index is 6.74. The Kier molecular flexibility index (Phi) is 9.83. The summed E-state index contributed by atoms with van der Waals surface area (Å²) in [6.07, 6.45) is -6.16. The molecule has 0 aliphatic carbocycles. The third kappa shape index (κ3) is 7.41. The lowest BCUT2D eigenvalue weighted by Gasteiger charge is -2.49. The van der Waals surface area contributed by atoms with Gasteiger partial charge in [0.1, 0.15) is 48.8 Å². The predicted molar refractivity (Wildman–Crippen MR) is 177 cm³/mol. The van der Waals surface area contributed by atoms with E-state index < -0.39 is 79.3 Å². The number of ether oxygens (including phenoxy) is 11. The highest BCUT2D eigenvalue weighted by molar-refractivity contribution is 5.18. The summed E-state index contributed by atoms with van der Waals surface area (Å²) in [5, 5.41) is 0. The number of rotatable bonds is 10. The van der Waals surface area contributed by atoms with Crippen molar-refractivity contribution in [1.82, 2.24) is 0 Å².